The van der Waals surface area contributed by atoms with Gasteiger partial charge in [-0.25, -0.2) is 0 Å². The lowest BCUT2D eigenvalue weighted by Gasteiger charge is -2.10. The lowest BCUT2D eigenvalue weighted by molar-refractivity contribution is 0.426. The van der Waals surface area contributed by atoms with Crippen LogP contribution < -0.4 is 0 Å². The summed E-state index contributed by atoms with van der Waals surface area (Å²) in [6, 6.07) is 14.4. The van der Waals surface area contributed by atoms with E-state index in [1.807, 2.05) is 36.4 Å². The number of hydrogen-bond donors (Lipinski definition) is 0. The van der Waals surface area contributed by atoms with Crippen molar-refractivity contribution in [1.82, 2.24) is 0 Å². The maximum Gasteiger partial charge on any atom is 0.278 e. The minimum absolute atomic E-state index is 0.0335. The summed E-state index contributed by atoms with van der Waals surface area (Å²) in [7, 11) is 0. The van der Waals surface area contributed by atoms with Gasteiger partial charge in [0.1, 0.15) is 0 Å². The number of fused-ring (bicyclic) bond motifs is 2. The Labute approximate surface area is 104 Å². The van der Waals surface area contributed by atoms with E-state index in [2.05, 4.69) is 0 Å². The molecule has 1 aliphatic rings. The van der Waals surface area contributed by atoms with Crippen LogP contribution in [0.25, 0.3) is 17.7 Å². The maximum atomic E-state index is 13.3. The van der Waals surface area contributed by atoms with Crippen molar-refractivity contribution >= 4 is 17.7 Å². The first kappa shape index (κ1) is 10.9. The molecule has 0 bridgehead atoms. The smallest absolute Gasteiger partial charge is 0.173 e. The standard InChI is InChI=1S/C16H10F2/c17-16(18)15-13-7-3-1-5-11(13)9-10-12-6-2-4-8-14(12)15/h1-10H. The fourth-order valence-corrected chi connectivity index (χ4v) is 2.27. The van der Waals surface area contributed by atoms with Crippen LogP contribution in [0.2, 0.25) is 0 Å². The molecule has 0 aliphatic heterocycles. The molecule has 0 radical (unpaired) electrons. The average Bonchev–Trinajstić information content (AvgIpc) is 2.55. The molecule has 88 valence electrons. The van der Waals surface area contributed by atoms with Crippen LogP contribution in [0, 0.1) is 0 Å². The quantitative estimate of drug-likeness (QED) is 0.528. The molecule has 2 aromatic carbocycles. The Morgan fingerprint density at radius 1 is 0.667 bits per heavy atom. The number of halogens is 2. The second-order valence-electron chi connectivity index (χ2n) is 4.14. The molecule has 1 aliphatic carbocycles. The Hall–Kier alpha value is -2.22. The van der Waals surface area contributed by atoms with Gasteiger partial charge < -0.3 is 0 Å². The zero-order valence-corrected chi connectivity index (χ0v) is 9.53. The third-order valence-corrected chi connectivity index (χ3v) is 3.09. The predicted octanol–water partition coefficient (Wildman–Crippen LogP) is 4.83. The summed E-state index contributed by atoms with van der Waals surface area (Å²) in [5.74, 6) is 0. The maximum absolute atomic E-state index is 13.3. The summed E-state index contributed by atoms with van der Waals surface area (Å²) >= 11 is 0. The molecule has 0 heterocycles. The van der Waals surface area contributed by atoms with Gasteiger partial charge in [-0.05, 0) is 22.3 Å². The van der Waals surface area contributed by atoms with Gasteiger partial charge in [-0.1, -0.05) is 60.7 Å². The first-order valence-corrected chi connectivity index (χ1v) is 5.69. The van der Waals surface area contributed by atoms with Gasteiger partial charge in [-0.15, -0.1) is 0 Å². The molecular formula is C16H10F2. The van der Waals surface area contributed by atoms with E-state index in [-0.39, 0.29) is 5.57 Å². The summed E-state index contributed by atoms with van der Waals surface area (Å²) < 4.78 is 26.6. The van der Waals surface area contributed by atoms with Crippen molar-refractivity contribution in [3.05, 3.63) is 76.9 Å². The largest absolute Gasteiger partial charge is 0.278 e. The summed E-state index contributed by atoms with van der Waals surface area (Å²) in [6.07, 6.45) is 2.12. The molecule has 0 nitrogen and oxygen atoms in total. The number of rotatable bonds is 0. The van der Waals surface area contributed by atoms with E-state index in [1.165, 1.54) is 0 Å². The summed E-state index contributed by atoms with van der Waals surface area (Å²) in [6.45, 7) is 0. The van der Waals surface area contributed by atoms with E-state index in [0.29, 0.717) is 11.1 Å². The molecule has 0 saturated carbocycles. The van der Waals surface area contributed by atoms with E-state index < -0.39 is 6.08 Å². The van der Waals surface area contributed by atoms with Crippen LogP contribution in [0.15, 0.2) is 54.6 Å². The summed E-state index contributed by atoms with van der Waals surface area (Å²) in [4.78, 5) is 0. The normalized spacial score (nSPS) is 12.7. The second kappa shape index (κ2) is 4.22. The predicted molar refractivity (Wildman–Crippen MR) is 70.1 cm³/mol. The lowest BCUT2D eigenvalue weighted by atomic mass is 9.95. The first-order valence-electron chi connectivity index (χ1n) is 5.69. The van der Waals surface area contributed by atoms with E-state index in [4.69, 9.17) is 0 Å². The molecular weight excluding hydrogens is 230 g/mol. The minimum atomic E-state index is -1.64. The van der Waals surface area contributed by atoms with E-state index in [1.54, 1.807) is 24.3 Å². The minimum Gasteiger partial charge on any atom is -0.173 e. The highest BCUT2D eigenvalue weighted by Crippen LogP contribution is 2.36. The molecule has 2 aromatic rings. The van der Waals surface area contributed by atoms with Gasteiger partial charge in [0.25, 0.3) is 6.08 Å². The molecule has 0 aromatic heterocycles. The third kappa shape index (κ3) is 1.66. The molecule has 0 spiro atoms. The monoisotopic (exact) mass is 240 g/mol. The molecule has 18 heavy (non-hydrogen) atoms. The molecule has 2 heteroatoms. The van der Waals surface area contributed by atoms with Gasteiger partial charge in [0, 0.05) is 0 Å². The van der Waals surface area contributed by atoms with Crippen LogP contribution in [-0.4, -0.2) is 0 Å². The molecule has 0 amide bonds. The van der Waals surface area contributed by atoms with Crippen LogP contribution in [-0.2, 0) is 0 Å². The van der Waals surface area contributed by atoms with Crippen molar-refractivity contribution in [2.75, 3.05) is 0 Å². The Balaban J connectivity index is 2.39. The molecule has 0 unspecified atom stereocenters. The Morgan fingerprint density at radius 3 is 1.56 bits per heavy atom. The molecule has 0 saturated heterocycles. The van der Waals surface area contributed by atoms with Crippen LogP contribution >= 0.6 is 0 Å². The first-order chi connectivity index (χ1) is 8.77. The lowest BCUT2D eigenvalue weighted by Crippen LogP contribution is -1.92. The van der Waals surface area contributed by atoms with Gasteiger partial charge in [0.15, 0.2) is 0 Å². The SMILES string of the molecule is FC(F)=C1c2ccccc2C=Cc2ccccc21. The van der Waals surface area contributed by atoms with Crippen LogP contribution in [0.4, 0.5) is 8.78 Å². The zero-order chi connectivity index (χ0) is 12.5. The summed E-state index contributed by atoms with van der Waals surface area (Å²) in [5.41, 5.74) is 2.83. The van der Waals surface area contributed by atoms with Crippen molar-refractivity contribution in [3.63, 3.8) is 0 Å². The van der Waals surface area contributed by atoms with Crippen molar-refractivity contribution in [2.45, 2.75) is 0 Å². The fourth-order valence-electron chi connectivity index (χ4n) is 2.27. The third-order valence-electron chi connectivity index (χ3n) is 3.09. The van der Waals surface area contributed by atoms with Crippen LogP contribution in [0.3, 0.4) is 0 Å². The molecule has 3 rings (SSSR count). The summed E-state index contributed by atoms with van der Waals surface area (Å²) in [5, 5.41) is 0. The van der Waals surface area contributed by atoms with Crippen LogP contribution in [0.1, 0.15) is 22.3 Å². The van der Waals surface area contributed by atoms with Crippen molar-refractivity contribution < 1.29 is 8.78 Å². The van der Waals surface area contributed by atoms with E-state index in [0.717, 1.165) is 11.1 Å². The average molecular weight is 240 g/mol. The highest BCUT2D eigenvalue weighted by Gasteiger charge is 2.18. The fraction of sp³-hybridized carbons (Fsp3) is 0. The number of benzene rings is 2. The van der Waals surface area contributed by atoms with Crippen LogP contribution in [0.5, 0.6) is 0 Å². The van der Waals surface area contributed by atoms with Crippen molar-refractivity contribution in [3.8, 4) is 0 Å². The highest BCUT2D eigenvalue weighted by atomic mass is 19.3. The Kier molecular flexibility index (Phi) is 2.56. The van der Waals surface area contributed by atoms with Gasteiger partial charge in [-0.2, -0.15) is 8.78 Å². The second-order valence-corrected chi connectivity index (χ2v) is 4.14. The van der Waals surface area contributed by atoms with Gasteiger partial charge in [0.05, 0.1) is 5.57 Å². The topological polar surface area (TPSA) is 0 Å². The molecule has 0 fully saturated rings. The van der Waals surface area contributed by atoms with Crippen molar-refractivity contribution in [1.29, 1.82) is 0 Å². The zero-order valence-electron chi connectivity index (χ0n) is 9.53. The Morgan fingerprint density at radius 2 is 1.11 bits per heavy atom. The number of hydrogen-bond acceptors (Lipinski definition) is 0. The molecule has 0 N–H and O–H groups in total. The van der Waals surface area contributed by atoms with E-state index >= 15 is 0 Å². The van der Waals surface area contributed by atoms with Gasteiger partial charge in [-0.3, -0.25) is 0 Å². The van der Waals surface area contributed by atoms with Gasteiger partial charge in [0.2, 0.25) is 0 Å². The van der Waals surface area contributed by atoms with Gasteiger partial charge >= 0.3 is 0 Å². The Bertz CT molecular complexity index is 611. The molecule has 0 atom stereocenters. The highest BCUT2D eigenvalue weighted by molar-refractivity contribution is 5.93. The van der Waals surface area contributed by atoms with Crippen molar-refractivity contribution in [2.24, 2.45) is 0 Å². The van der Waals surface area contributed by atoms with E-state index in [9.17, 15) is 8.78 Å².